The predicted molar refractivity (Wildman–Crippen MR) is 163 cm³/mol. The van der Waals surface area contributed by atoms with Crippen LogP contribution in [0.2, 0.25) is 0 Å². The summed E-state index contributed by atoms with van der Waals surface area (Å²) in [5, 5.41) is 0. The number of rotatable bonds is 14. The molecule has 0 aromatic heterocycles. The first kappa shape index (κ1) is 33.5. The Morgan fingerprint density at radius 2 is 0.886 bits per heavy atom. The van der Waals surface area contributed by atoms with Gasteiger partial charge in [0.1, 0.15) is 24.4 Å². The molecule has 0 saturated heterocycles. The molecule has 2 aliphatic rings. The second-order valence-electron chi connectivity index (χ2n) is 11.8. The molecular formula is C35H46O9. The van der Waals surface area contributed by atoms with E-state index in [0.29, 0.717) is 62.5 Å². The molecule has 0 radical (unpaired) electrons. The van der Waals surface area contributed by atoms with Crippen molar-refractivity contribution >= 4 is 18.1 Å². The zero-order valence-corrected chi connectivity index (χ0v) is 26.0. The first-order chi connectivity index (χ1) is 21.4. The molecule has 0 spiro atoms. The summed E-state index contributed by atoms with van der Waals surface area (Å²) in [7, 11) is 0. The Kier molecular flexibility index (Phi) is 13.5. The van der Waals surface area contributed by atoms with Crippen LogP contribution in [-0.4, -0.2) is 42.5 Å². The van der Waals surface area contributed by atoms with Gasteiger partial charge in [-0.3, -0.25) is 9.78 Å². The number of aryl methyl sites for hydroxylation is 2. The lowest BCUT2D eigenvalue weighted by Crippen LogP contribution is -2.32. The zero-order valence-electron chi connectivity index (χ0n) is 26.0. The Balaban J connectivity index is 1.06. The molecule has 44 heavy (non-hydrogen) atoms. The number of hydrogen-bond acceptors (Lipinski definition) is 9. The number of unbranched alkanes of at least 4 members (excludes halogenated alkanes) is 2. The van der Waals surface area contributed by atoms with E-state index >= 15 is 0 Å². The van der Waals surface area contributed by atoms with Crippen LogP contribution in [0.3, 0.4) is 0 Å². The summed E-state index contributed by atoms with van der Waals surface area (Å²) in [6.07, 6.45) is 9.54. The van der Waals surface area contributed by atoms with Crippen molar-refractivity contribution in [1.82, 2.24) is 0 Å². The molecule has 9 heteroatoms. The summed E-state index contributed by atoms with van der Waals surface area (Å²) < 4.78 is 11.1. The van der Waals surface area contributed by atoms with Crippen LogP contribution in [0.1, 0.15) is 123 Å². The molecule has 2 saturated carbocycles. The maximum Gasteiger partial charge on any atom is 0.508 e. The molecule has 9 nitrogen and oxygen atoms in total. The lowest BCUT2D eigenvalue weighted by Gasteiger charge is -2.29. The molecule has 240 valence electrons. The third kappa shape index (κ3) is 10.9. The molecule has 0 heterocycles. The van der Waals surface area contributed by atoms with Crippen molar-refractivity contribution in [3.05, 3.63) is 70.8 Å². The molecule has 2 aliphatic carbocycles. The molecule has 0 atom stereocenters. The Labute approximate surface area is 260 Å². The van der Waals surface area contributed by atoms with E-state index in [0.717, 1.165) is 38.5 Å². The molecule has 2 aromatic rings. The Morgan fingerprint density at radius 1 is 0.545 bits per heavy atom. The highest BCUT2D eigenvalue weighted by Gasteiger charge is 2.30. The third-order valence-corrected chi connectivity index (χ3v) is 8.31. The highest BCUT2D eigenvalue weighted by atomic mass is 17.2. The van der Waals surface area contributed by atoms with Gasteiger partial charge in [0.15, 0.2) is 0 Å². The van der Waals surface area contributed by atoms with E-state index in [-0.39, 0.29) is 24.4 Å². The lowest BCUT2D eigenvalue weighted by molar-refractivity contribution is -0.282. The van der Waals surface area contributed by atoms with Gasteiger partial charge in [0.2, 0.25) is 0 Å². The van der Waals surface area contributed by atoms with Crippen LogP contribution in [0.25, 0.3) is 0 Å². The zero-order chi connectivity index (χ0) is 31.1. The van der Waals surface area contributed by atoms with Crippen molar-refractivity contribution in [1.29, 1.82) is 0 Å². The molecule has 0 N–H and O–H groups in total. The second kappa shape index (κ2) is 17.8. The summed E-state index contributed by atoms with van der Waals surface area (Å²) >= 11 is 0. The Hall–Kier alpha value is -3.43. The first-order valence-electron chi connectivity index (χ1n) is 16.2. The maximum absolute atomic E-state index is 12.4. The molecule has 2 aromatic carbocycles. The van der Waals surface area contributed by atoms with Gasteiger partial charge >= 0.3 is 18.1 Å². The van der Waals surface area contributed by atoms with Crippen molar-refractivity contribution in [3.63, 3.8) is 0 Å². The van der Waals surface area contributed by atoms with Gasteiger partial charge in [0.05, 0.1) is 11.1 Å². The van der Waals surface area contributed by atoms with Crippen molar-refractivity contribution in [3.8, 4) is 0 Å². The van der Waals surface area contributed by atoms with E-state index in [1.807, 2.05) is 24.3 Å². The second-order valence-corrected chi connectivity index (χ2v) is 11.8. The number of ether oxygens (including phenoxy) is 2. The van der Waals surface area contributed by atoms with E-state index in [9.17, 15) is 14.4 Å². The minimum atomic E-state index is -0.679. The summed E-state index contributed by atoms with van der Waals surface area (Å²) in [6.45, 7) is 4.30. The van der Waals surface area contributed by atoms with Crippen molar-refractivity contribution in [2.24, 2.45) is 0 Å². The Morgan fingerprint density at radius 3 is 1.23 bits per heavy atom. The van der Waals surface area contributed by atoms with Gasteiger partial charge in [-0.15, -0.1) is 0 Å². The Bertz CT molecular complexity index is 1070. The largest absolute Gasteiger partial charge is 0.508 e. The fourth-order valence-electron chi connectivity index (χ4n) is 5.49. The quantitative estimate of drug-likeness (QED) is 0.119. The number of carbonyl (C=O) groups excluding carboxylic acids is 3. The summed E-state index contributed by atoms with van der Waals surface area (Å²) in [5.74, 6) is -1.03. The minimum Gasteiger partial charge on any atom is -0.431 e. The van der Waals surface area contributed by atoms with Gasteiger partial charge < -0.3 is 9.47 Å². The average Bonchev–Trinajstić information content (AvgIpc) is 3.06. The molecule has 0 aliphatic heterocycles. The van der Waals surface area contributed by atoms with Gasteiger partial charge in [-0.25, -0.2) is 14.4 Å². The van der Waals surface area contributed by atoms with Crippen LogP contribution in [0.4, 0.5) is 4.79 Å². The van der Waals surface area contributed by atoms with E-state index in [2.05, 4.69) is 13.8 Å². The molecule has 0 amide bonds. The highest BCUT2D eigenvalue weighted by molar-refractivity contribution is 5.89. The average molecular weight is 611 g/mol. The summed E-state index contributed by atoms with van der Waals surface area (Å²) in [4.78, 5) is 58.0. The number of carbonyl (C=O) groups is 3. The fourth-order valence-corrected chi connectivity index (χ4v) is 5.49. The lowest BCUT2D eigenvalue weighted by atomic mass is 9.95. The van der Waals surface area contributed by atoms with Crippen molar-refractivity contribution in [2.45, 2.75) is 128 Å². The smallest absolute Gasteiger partial charge is 0.431 e. The normalized spacial score (nSPS) is 21.7. The van der Waals surface area contributed by atoms with Crippen LogP contribution in [-0.2, 0) is 41.9 Å². The maximum atomic E-state index is 12.4. The topological polar surface area (TPSA) is 107 Å². The van der Waals surface area contributed by atoms with Crippen LogP contribution < -0.4 is 0 Å². The molecule has 0 unspecified atom stereocenters. The van der Waals surface area contributed by atoms with E-state index in [1.165, 1.54) is 11.1 Å². The van der Waals surface area contributed by atoms with Gasteiger partial charge in [0, 0.05) is 0 Å². The van der Waals surface area contributed by atoms with E-state index < -0.39 is 18.1 Å². The minimum absolute atomic E-state index is 0.242. The van der Waals surface area contributed by atoms with Crippen molar-refractivity contribution < 1.29 is 43.4 Å². The van der Waals surface area contributed by atoms with Crippen LogP contribution in [0.5, 0.6) is 0 Å². The van der Waals surface area contributed by atoms with Gasteiger partial charge in [0.25, 0.3) is 0 Å². The summed E-state index contributed by atoms with van der Waals surface area (Å²) in [6, 6.07) is 14.8. The molecular weight excluding hydrogens is 564 g/mol. The van der Waals surface area contributed by atoms with Gasteiger partial charge in [-0.1, -0.05) is 51.0 Å². The van der Waals surface area contributed by atoms with Gasteiger partial charge in [-0.05, 0) is 112 Å². The predicted octanol–water partition coefficient (Wildman–Crippen LogP) is 8.02. The van der Waals surface area contributed by atoms with Crippen LogP contribution in [0, 0.1) is 0 Å². The monoisotopic (exact) mass is 610 g/mol. The van der Waals surface area contributed by atoms with E-state index in [4.69, 9.17) is 29.0 Å². The fraction of sp³-hybridized carbons (Fsp3) is 0.571. The van der Waals surface area contributed by atoms with Gasteiger partial charge in [-0.2, -0.15) is 9.78 Å². The van der Waals surface area contributed by atoms with E-state index in [1.54, 1.807) is 24.3 Å². The first-order valence-corrected chi connectivity index (χ1v) is 16.2. The number of hydrogen-bond donors (Lipinski definition) is 0. The van der Waals surface area contributed by atoms with Crippen LogP contribution >= 0.6 is 0 Å². The standard InChI is InChI=1S/C35H46O9/c1-3-5-7-25-9-13-27(14-10-25)33(36)43-41-31-21-17-29(18-22-31)39-35(38)40-30-19-23-32(24-20-30)42-44-34(37)28-15-11-26(12-16-28)8-6-4-2/h9-16,29-32H,3-8,17-24H2,1-2H3. The third-order valence-electron chi connectivity index (χ3n) is 8.31. The number of benzene rings is 2. The van der Waals surface area contributed by atoms with Crippen molar-refractivity contribution in [2.75, 3.05) is 0 Å². The highest BCUT2D eigenvalue weighted by Crippen LogP contribution is 2.27. The molecule has 4 rings (SSSR count). The van der Waals surface area contributed by atoms with Crippen LogP contribution in [0.15, 0.2) is 48.5 Å². The molecule has 2 fully saturated rings. The SMILES string of the molecule is CCCCc1ccc(C(=O)OOC2CCC(OC(=O)OC3CCC(OOC(=O)c4ccc(CCCC)cc4)CC3)CC2)cc1. The summed E-state index contributed by atoms with van der Waals surface area (Å²) in [5.41, 5.74) is 3.30. The molecule has 0 bridgehead atoms.